The SMILES string of the molecule is COc1cccc(NC(=O)N2CCC(O)C2(C)C)c1. The quantitative estimate of drug-likeness (QED) is 0.859. The Balaban J connectivity index is 2.09. The zero-order chi connectivity index (χ0) is 14.0. The minimum absolute atomic E-state index is 0.199. The number of methoxy groups -OCH3 is 1. The average Bonchev–Trinajstić information content (AvgIpc) is 2.64. The first kappa shape index (κ1) is 13.7. The van der Waals surface area contributed by atoms with Gasteiger partial charge in [-0.2, -0.15) is 0 Å². The van der Waals surface area contributed by atoms with E-state index < -0.39 is 11.6 Å². The molecule has 1 atom stereocenters. The summed E-state index contributed by atoms with van der Waals surface area (Å²) in [5.41, 5.74) is 0.143. The lowest BCUT2D eigenvalue weighted by molar-refractivity contribution is 0.0733. The van der Waals surface area contributed by atoms with Gasteiger partial charge in [-0.05, 0) is 32.4 Å². The topological polar surface area (TPSA) is 61.8 Å². The van der Waals surface area contributed by atoms with E-state index in [4.69, 9.17) is 4.74 Å². The van der Waals surface area contributed by atoms with Gasteiger partial charge >= 0.3 is 6.03 Å². The molecule has 0 saturated carbocycles. The van der Waals surface area contributed by atoms with Crippen molar-refractivity contribution in [3.63, 3.8) is 0 Å². The van der Waals surface area contributed by atoms with Gasteiger partial charge in [0.15, 0.2) is 0 Å². The van der Waals surface area contributed by atoms with Crippen LogP contribution in [-0.4, -0.2) is 41.3 Å². The van der Waals surface area contributed by atoms with E-state index in [9.17, 15) is 9.90 Å². The van der Waals surface area contributed by atoms with Crippen molar-refractivity contribution in [2.75, 3.05) is 19.0 Å². The van der Waals surface area contributed by atoms with Gasteiger partial charge in [0.05, 0.1) is 18.8 Å². The number of aliphatic hydroxyl groups excluding tert-OH is 1. The second-order valence-electron chi connectivity index (χ2n) is 5.27. The molecule has 2 rings (SSSR count). The molecule has 0 aliphatic carbocycles. The van der Waals surface area contributed by atoms with E-state index >= 15 is 0 Å². The number of benzene rings is 1. The van der Waals surface area contributed by atoms with Gasteiger partial charge in [-0.1, -0.05) is 6.07 Å². The third-order valence-electron chi connectivity index (χ3n) is 3.70. The van der Waals surface area contributed by atoms with Crippen LogP contribution in [-0.2, 0) is 0 Å². The Morgan fingerprint density at radius 2 is 2.26 bits per heavy atom. The van der Waals surface area contributed by atoms with E-state index in [0.29, 0.717) is 24.4 Å². The normalized spacial score (nSPS) is 21.3. The van der Waals surface area contributed by atoms with Crippen LogP contribution >= 0.6 is 0 Å². The molecule has 1 aromatic rings. The Labute approximate surface area is 113 Å². The molecule has 1 heterocycles. The largest absolute Gasteiger partial charge is 0.497 e. The predicted molar refractivity (Wildman–Crippen MR) is 73.4 cm³/mol. The summed E-state index contributed by atoms with van der Waals surface area (Å²) >= 11 is 0. The summed E-state index contributed by atoms with van der Waals surface area (Å²) in [5, 5.41) is 12.7. The summed E-state index contributed by atoms with van der Waals surface area (Å²) in [6, 6.07) is 7.00. The minimum atomic E-state index is -0.539. The van der Waals surface area contributed by atoms with Crippen LogP contribution in [0.5, 0.6) is 5.75 Å². The molecule has 5 nitrogen and oxygen atoms in total. The second kappa shape index (κ2) is 5.09. The molecule has 0 radical (unpaired) electrons. The number of likely N-dealkylation sites (tertiary alicyclic amines) is 1. The Bertz CT molecular complexity index is 474. The smallest absolute Gasteiger partial charge is 0.322 e. The van der Waals surface area contributed by atoms with E-state index in [1.165, 1.54) is 0 Å². The molecule has 1 aliphatic heterocycles. The number of aliphatic hydroxyl groups is 1. The van der Waals surface area contributed by atoms with Crippen molar-refractivity contribution in [3.05, 3.63) is 24.3 Å². The third-order valence-corrected chi connectivity index (χ3v) is 3.70. The van der Waals surface area contributed by atoms with Crippen LogP contribution < -0.4 is 10.1 Å². The maximum Gasteiger partial charge on any atom is 0.322 e. The van der Waals surface area contributed by atoms with Crippen molar-refractivity contribution < 1.29 is 14.6 Å². The molecule has 5 heteroatoms. The maximum atomic E-state index is 12.2. The monoisotopic (exact) mass is 264 g/mol. The van der Waals surface area contributed by atoms with Crippen LogP contribution in [0.2, 0.25) is 0 Å². The molecule has 19 heavy (non-hydrogen) atoms. The molecule has 1 aromatic carbocycles. The summed E-state index contributed by atoms with van der Waals surface area (Å²) in [6.07, 6.45) is 0.127. The molecule has 1 aliphatic rings. The van der Waals surface area contributed by atoms with Crippen LogP contribution in [0.4, 0.5) is 10.5 Å². The highest BCUT2D eigenvalue weighted by Crippen LogP contribution is 2.29. The van der Waals surface area contributed by atoms with Crippen molar-refractivity contribution in [1.82, 2.24) is 4.90 Å². The summed E-state index contributed by atoms with van der Waals surface area (Å²) in [7, 11) is 1.58. The van der Waals surface area contributed by atoms with Gasteiger partial charge < -0.3 is 20.1 Å². The van der Waals surface area contributed by atoms with Crippen molar-refractivity contribution >= 4 is 11.7 Å². The van der Waals surface area contributed by atoms with Gasteiger partial charge in [0.1, 0.15) is 5.75 Å². The van der Waals surface area contributed by atoms with E-state index in [1.807, 2.05) is 26.0 Å². The first-order valence-corrected chi connectivity index (χ1v) is 6.36. The van der Waals surface area contributed by atoms with Crippen molar-refractivity contribution in [1.29, 1.82) is 0 Å². The molecule has 104 valence electrons. The standard InChI is InChI=1S/C14H20N2O3/c1-14(2)12(17)7-8-16(14)13(18)15-10-5-4-6-11(9-10)19-3/h4-6,9,12,17H,7-8H2,1-3H3,(H,15,18). The summed E-state index contributed by atoms with van der Waals surface area (Å²) in [4.78, 5) is 13.9. The van der Waals surface area contributed by atoms with Gasteiger partial charge in [0.2, 0.25) is 0 Å². The first-order chi connectivity index (χ1) is 8.95. The minimum Gasteiger partial charge on any atom is -0.497 e. The molecule has 2 N–H and O–H groups in total. The zero-order valence-corrected chi connectivity index (χ0v) is 11.5. The molecule has 0 spiro atoms. The van der Waals surface area contributed by atoms with Gasteiger partial charge in [-0.15, -0.1) is 0 Å². The number of hydrogen-bond donors (Lipinski definition) is 2. The molecular formula is C14H20N2O3. The number of hydrogen-bond acceptors (Lipinski definition) is 3. The lowest BCUT2D eigenvalue weighted by Crippen LogP contribution is -2.49. The lowest BCUT2D eigenvalue weighted by Gasteiger charge is -2.33. The first-order valence-electron chi connectivity index (χ1n) is 6.36. The Kier molecular flexibility index (Phi) is 3.66. The molecule has 2 amide bonds. The molecule has 0 bridgehead atoms. The van der Waals surface area contributed by atoms with Crippen LogP contribution in [0.3, 0.4) is 0 Å². The number of carbonyl (C=O) groups excluding carboxylic acids is 1. The van der Waals surface area contributed by atoms with Crippen LogP contribution in [0.15, 0.2) is 24.3 Å². The molecular weight excluding hydrogens is 244 g/mol. The fourth-order valence-corrected chi connectivity index (χ4v) is 2.33. The Hall–Kier alpha value is -1.75. The molecule has 1 fully saturated rings. The average molecular weight is 264 g/mol. The number of carbonyl (C=O) groups is 1. The second-order valence-corrected chi connectivity index (χ2v) is 5.27. The molecule has 1 saturated heterocycles. The summed E-state index contributed by atoms with van der Waals surface area (Å²) < 4.78 is 5.11. The number of ether oxygens (including phenoxy) is 1. The number of amides is 2. The number of nitrogens with zero attached hydrogens (tertiary/aromatic N) is 1. The van der Waals surface area contributed by atoms with Crippen LogP contribution in [0.1, 0.15) is 20.3 Å². The Morgan fingerprint density at radius 3 is 2.84 bits per heavy atom. The predicted octanol–water partition coefficient (Wildman–Crippen LogP) is 2.07. The highest BCUT2D eigenvalue weighted by molar-refractivity contribution is 5.90. The fourth-order valence-electron chi connectivity index (χ4n) is 2.33. The van der Waals surface area contributed by atoms with E-state index in [1.54, 1.807) is 24.1 Å². The van der Waals surface area contributed by atoms with Crippen LogP contribution in [0, 0.1) is 0 Å². The fraction of sp³-hybridized carbons (Fsp3) is 0.500. The highest BCUT2D eigenvalue weighted by atomic mass is 16.5. The third kappa shape index (κ3) is 2.66. The summed E-state index contributed by atoms with van der Waals surface area (Å²) in [6.45, 7) is 4.30. The van der Waals surface area contributed by atoms with E-state index in [-0.39, 0.29) is 6.03 Å². The zero-order valence-electron chi connectivity index (χ0n) is 11.5. The van der Waals surface area contributed by atoms with Gasteiger partial charge in [-0.3, -0.25) is 0 Å². The van der Waals surface area contributed by atoms with Gasteiger partial charge in [0, 0.05) is 18.3 Å². The number of nitrogens with one attached hydrogen (secondary N) is 1. The maximum absolute atomic E-state index is 12.2. The lowest BCUT2D eigenvalue weighted by atomic mass is 9.99. The van der Waals surface area contributed by atoms with E-state index in [0.717, 1.165) is 0 Å². The number of anilines is 1. The number of rotatable bonds is 2. The van der Waals surface area contributed by atoms with Crippen molar-refractivity contribution in [2.24, 2.45) is 0 Å². The molecule has 0 aromatic heterocycles. The molecule has 1 unspecified atom stereocenters. The Morgan fingerprint density at radius 1 is 1.53 bits per heavy atom. The van der Waals surface area contributed by atoms with Crippen LogP contribution in [0.25, 0.3) is 0 Å². The van der Waals surface area contributed by atoms with E-state index in [2.05, 4.69) is 5.32 Å². The van der Waals surface area contributed by atoms with Gasteiger partial charge in [0.25, 0.3) is 0 Å². The number of urea groups is 1. The van der Waals surface area contributed by atoms with Crippen molar-refractivity contribution in [3.8, 4) is 5.75 Å². The van der Waals surface area contributed by atoms with Gasteiger partial charge in [-0.25, -0.2) is 4.79 Å². The van der Waals surface area contributed by atoms with Crippen molar-refractivity contribution in [2.45, 2.75) is 31.9 Å². The summed E-state index contributed by atoms with van der Waals surface area (Å²) in [5.74, 6) is 0.693. The highest BCUT2D eigenvalue weighted by Gasteiger charge is 2.42.